The number of rotatable bonds is 6. The van der Waals surface area contributed by atoms with Gasteiger partial charge in [0.2, 0.25) is 10.7 Å². The molecular weight excluding hydrogens is 294 g/mol. The fourth-order valence-corrected chi connectivity index (χ4v) is 3.82. The molecule has 0 atom stereocenters. The zero-order chi connectivity index (χ0) is 15.1. The van der Waals surface area contributed by atoms with Crippen molar-refractivity contribution in [3.63, 3.8) is 0 Å². The fraction of sp³-hybridized carbons (Fsp3) is 0.875. The van der Waals surface area contributed by atoms with Crippen LogP contribution in [0.4, 0.5) is 5.95 Å². The van der Waals surface area contributed by atoms with E-state index in [2.05, 4.69) is 26.1 Å². The van der Waals surface area contributed by atoms with Crippen LogP contribution in [0.3, 0.4) is 0 Å². The Bertz CT molecular complexity index is 578. The van der Waals surface area contributed by atoms with Crippen LogP contribution in [0.2, 0.25) is 0 Å². The molecule has 122 valence electrons. The molecule has 2 saturated carbocycles. The summed E-state index contributed by atoms with van der Waals surface area (Å²) in [5, 5.41) is 4.92. The second kappa shape index (κ2) is 5.96. The van der Waals surface area contributed by atoms with E-state index in [-0.39, 0.29) is 0 Å². The molecule has 0 spiro atoms. The van der Waals surface area contributed by atoms with Gasteiger partial charge in [0.25, 0.3) is 0 Å². The van der Waals surface area contributed by atoms with Crippen molar-refractivity contribution < 1.29 is 0 Å². The predicted octanol–water partition coefficient (Wildman–Crippen LogP) is 3.04. The number of anilines is 1. The molecule has 22 heavy (non-hydrogen) atoms. The molecule has 0 N–H and O–H groups in total. The highest BCUT2D eigenvalue weighted by Crippen LogP contribution is 2.38. The van der Waals surface area contributed by atoms with Gasteiger partial charge >= 0.3 is 0 Å². The summed E-state index contributed by atoms with van der Waals surface area (Å²) in [5.74, 6) is 2.04. The molecule has 1 aromatic rings. The van der Waals surface area contributed by atoms with Gasteiger partial charge in [0, 0.05) is 25.7 Å². The smallest absolute Gasteiger partial charge is 0.226 e. The summed E-state index contributed by atoms with van der Waals surface area (Å²) in [6.45, 7) is 4.28. The van der Waals surface area contributed by atoms with Crippen LogP contribution in [0.1, 0.15) is 51.0 Å². The second-order valence-corrected chi connectivity index (χ2v) is 7.72. The third-order valence-electron chi connectivity index (χ3n) is 5.05. The number of hydrogen-bond donors (Lipinski definition) is 0. The van der Waals surface area contributed by atoms with Gasteiger partial charge in [0.15, 0.2) is 0 Å². The fourth-order valence-electron chi connectivity index (χ4n) is 3.49. The largest absolute Gasteiger partial charge is 0.341 e. The number of nitrogens with zero attached hydrogens (tertiary/aromatic N) is 5. The van der Waals surface area contributed by atoms with Crippen molar-refractivity contribution >= 4 is 18.2 Å². The van der Waals surface area contributed by atoms with Crippen molar-refractivity contribution in [1.82, 2.24) is 19.2 Å². The predicted molar refractivity (Wildman–Crippen MR) is 90.7 cm³/mol. The topological polar surface area (TPSA) is 29.2 Å². The van der Waals surface area contributed by atoms with Crippen molar-refractivity contribution in [2.24, 2.45) is 5.92 Å². The van der Waals surface area contributed by atoms with Gasteiger partial charge in [0.05, 0.1) is 6.67 Å². The van der Waals surface area contributed by atoms with Gasteiger partial charge in [-0.25, -0.2) is 4.68 Å². The summed E-state index contributed by atoms with van der Waals surface area (Å²) >= 11 is 5.76. The highest BCUT2D eigenvalue weighted by molar-refractivity contribution is 7.71. The Hall–Kier alpha value is -0.880. The van der Waals surface area contributed by atoms with Gasteiger partial charge in [-0.2, -0.15) is 0 Å². The lowest BCUT2D eigenvalue weighted by Crippen LogP contribution is -2.32. The zero-order valence-electron chi connectivity index (χ0n) is 13.6. The van der Waals surface area contributed by atoms with Crippen LogP contribution in [0.5, 0.6) is 0 Å². The molecular formula is C16H27N5S. The maximum atomic E-state index is 5.76. The Morgan fingerprint density at radius 1 is 1.14 bits per heavy atom. The third-order valence-corrected chi connectivity index (χ3v) is 5.45. The molecule has 1 aliphatic heterocycles. The molecule has 2 aliphatic carbocycles. The van der Waals surface area contributed by atoms with Crippen LogP contribution < -0.4 is 4.90 Å². The summed E-state index contributed by atoms with van der Waals surface area (Å²) in [6.07, 6.45) is 9.23. The van der Waals surface area contributed by atoms with E-state index in [4.69, 9.17) is 17.3 Å². The van der Waals surface area contributed by atoms with E-state index in [9.17, 15) is 0 Å². The van der Waals surface area contributed by atoms with Crippen LogP contribution in [-0.4, -0.2) is 45.9 Å². The molecule has 0 unspecified atom stereocenters. The zero-order valence-corrected chi connectivity index (χ0v) is 14.4. The Morgan fingerprint density at radius 3 is 2.50 bits per heavy atom. The molecule has 0 radical (unpaired) electrons. The van der Waals surface area contributed by atoms with Gasteiger partial charge in [-0.15, -0.1) is 5.10 Å². The number of hydrogen-bond acceptors (Lipinski definition) is 4. The van der Waals surface area contributed by atoms with Gasteiger partial charge in [-0.05, 0) is 70.1 Å². The van der Waals surface area contributed by atoms with E-state index in [1.54, 1.807) is 0 Å². The minimum atomic E-state index is 0.604. The Labute approximate surface area is 137 Å². The molecule has 1 saturated heterocycles. The molecule has 4 rings (SSSR count). The Morgan fingerprint density at radius 2 is 1.86 bits per heavy atom. The van der Waals surface area contributed by atoms with E-state index < -0.39 is 0 Å². The van der Waals surface area contributed by atoms with E-state index in [1.165, 1.54) is 51.5 Å². The molecule has 0 aromatic carbocycles. The minimum absolute atomic E-state index is 0.604. The van der Waals surface area contributed by atoms with E-state index in [0.717, 1.165) is 36.4 Å². The maximum absolute atomic E-state index is 5.76. The molecule has 1 aromatic heterocycles. The van der Waals surface area contributed by atoms with Crippen molar-refractivity contribution in [2.75, 3.05) is 31.6 Å². The SMILES string of the molecule is CN(CC1CC1)Cn1nc(N2CCCCC2)n(C2CC2)c1=S. The molecule has 3 fully saturated rings. The third kappa shape index (κ3) is 3.08. The molecule has 0 amide bonds. The standard InChI is InChI=1S/C16H27N5S/c1-18(11-13-5-6-13)12-20-16(22)21(14-7-8-14)15(17-20)19-9-3-2-4-10-19/h13-14H,2-12H2,1H3. The van der Waals surface area contributed by atoms with Gasteiger partial charge in [-0.3, -0.25) is 9.47 Å². The maximum Gasteiger partial charge on any atom is 0.226 e. The van der Waals surface area contributed by atoms with E-state index in [0.29, 0.717) is 6.04 Å². The molecule has 5 nitrogen and oxygen atoms in total. The second-order valence-electron chi connectivity index (χ2n) is 7.35. The molecule has 2 heterocycles. The quantitative estimate of drug-likeness (QED) is 0.753. The summed E-state index contributed by atoms with van der Waals surface area (Å²) in [6, 6.07) is 0.604. The highest BCUT2D eigenvalue weighted by Gasteiger charge is 2.31. The lowest BCUT2D eigenvalue weighted by Gasteiger charge is -2.27. The Balaban J connectivity index is 1.56. The molecule has 0 bridgehead atoms. The summed E-state index contributed by atoms with van der Waals surface area (Å²) in [4.78, 5) is 4.83. The monoisotopic (exact) mass is 321 g/mol. The van der Waals surface area contributed by atoms with Crippen molar-refractivity contribution in [1.29, 1.82) is 0 Å². The first-order chi connectivity index (χ1) is 10.7. The van der Waals surface area contributed by atoms with Crippen LogP contribution in [0.15, 0.2) is 0 Å². The van der Waals surface area contributed by atoms with Gasteiger partial charge in [-0.1, -0.05) is 0 Å². The Kier molecular flexibility index (Phi) is 3.98. The average Bonchev–Trinajstić information content (AvgIpc) is 3.42. The van der Waals surface area contributed by atoms with Crippen LogP contribution in [0.25, 0.3) is 0 Å². The first-order valence-corrected chi connectivity index (χ1v) is 9.26. The molecule has 3 aliphatic rings. The van der Waals surface area contributed by atoms with Crippen LogP contribution in [0, 0.1) is 10.7 Å². The lowest BCUT2D eigenvalue weighted by molar-refractivity contribution is 0.242. The summed E-state index contributed by atoms with van der Waals surface area (Å²) in [5.41, 5.74) is 0. The lowest BCUT2D eigenvalue weighted by atomic mass is 10.1. The first kappa shape index (κ1) is 14.7. The van der Waals surface area contributed by atoms with Crippen molar-refractivity contribution in [3.05, 3.63) is 4.77 Å². The summed E-state index contributed by atoms with van der Waals surface area (Å²) in [7, 11) is 2.19. The van der Waals surface area contributed by atoms with Crippen LogP contribution in [-0.2, 0) is 6.67 Å². The average molecular weight is 321 g/mol. The van der Waals surface area contributed by atoms with Crippen molar-refractivity contribution in [3.8, 4) is 0 Å². The van der Waals surface area contributed by atoms with Crippen molar-refractivity contribution in [2.45, 2.75) is 57.7 Å². The summed E-state index contributed by atoms with van der Waals surface area (Å²) < 4.78 is 5.32. The normalized spacial score (nSPS) is 22.5. The molecule has 6 heteroatoms. The number of aromatic nitrogens is 3. The number of piperidine rings is 1. The minimum Gasteiger partial charge on any atom is -0.341 e. The first-order valence-electron chi connectivity index (χ1n) is 8.85. The highest BCUT2D eigenvalue weighted by atomic mass is 32.1. The van der Waals surface area contributed by atoms with Crippen LogP contribution >= 0.6 is 12.2 Å². The van der Waals surface area contributed by atoms with Gasteiger partial charge < -0.3 is 4.90 Å². The van der Waals surface area contributed by atoms with E-state index in [1.807, 2.05) is 0 Å². The van der Waals surface area contributed by atoms with Gasteiger partial charge in [0.1, 0.15) is 0 Å². The van der Waals surface area contributed by atoms with E-state index >= 15 is 0 Å².